The van der Waals surface area contributed by atoms with Crippen LogP contribution in [0.4, 0.5) is 13.2 Å². The van der Waals surface area contributed by atoms with Gasteiger partial charge in [0.05, 0.1) is 5.41 Å². The molecule has 0 radical (unpaired) electrons. The van der Waals surface area contributed by atoms with Gasteiger partial charge >= 0.3 is 21.6 Å². The average Bonchev–Trinajstić information content (AvgIpc) is 2.30. The maximum absolute atomic E-state index is 12.2. The molecule has 0 bridgehead atoms. The van der Waals surface area contributed by atoms with E-state index in [1.807, 2.05) is 0 Å². The van der Waals surface area contributed by atoms with Gasteiger partial charge in [0.2, 0.25) is 0 Å². The van der Waals surface area contributed by atoms with E-state index < -0.39 is 27.0 Å². The van der Waals surface area contributed by atoms with Crippen LogP contribution in [0.5, 0.6) is 0 Å². The van der Waals surface area contributed by atoms with E-state index in [2.05, 4.69) is 4.18 Å². The van der Waals surface area contributed by atoms with Crippen molar-refractivity contribution in [2.45, 2.75) is 44.5 Å². The van der Waals surface area contributed by atoms with Crippen molar-refractivity contribution >= 4 is 16.1 Å². The fraction of sp³-hybridized carbons (Fsp3) is 0.727. The normalized spacial score (nSPS) is 24.1. The predicted octanol–water partition coefficient (Wildman–Crippen LogP) is 2.79. The van der Waals surface area contributed by atoms with E-state index in [0.717, 1.165) is 6.08 Å². The van der Waals surface area contributed by atoms with Gasteiger partial charge in [-0.05, 0) is 25.3 Å². The van der Waals surface area contributed by atoms with E-state index in [1.165, 1.54) is 0 Å². The van der Waals surface area contributed by atoms with Gasteiger partial charge in [0.1, 0.15) is 5.76 Å². The van der Waals surface area contributed by atoms with E-state index in [1.54, 1.807) is 6.92 Å². The van der Waals surface area contributed by atoms with E-state index >= 15 is 0 Å². The Balaban J connectivity index is 2.86. The van der Waals surface area contributed by atoms with Crippen molar-refractivity contribution < 1.29 is 35.7 Å². The fourth-order valence-electron chi connectivity index (χ4n) is 2.15. The molecule has 0 aliphatic heterocycles. The lowest BCUT2D eigenvalue weighted by molar-refractivity contribution is -0.150. The van der Waals surface area contributed by atoms with Crippen LogP contribution in [0.3, 0.4) is 0 Å². The van der Waals surface area contributed by atoms with Gasteiger partial charge < -0.3 is 9.29 Å². The topological polar surface area (TPSA) is 80.7 Å². The predicted molar refractivity (Wildman–Crippen MR) is 63.0 cm³/mol. The standard InChI is InChI=1S/C11H15F3O5S/c1-2-5-10(9(15)16)6-3-8(4-7-10)19-20(17,18)11(12,13)14/h3H,2,4-7H2,1H3,(H,15,16). The van der Waals surface area contributed by atoms with Crippen LogP contribution in [0.25, 0.3) is 0 Å². The van der Waals surface area contributed by atoms with Gasteiger partial charge in [-0.1, -0.05) is 13.3 Å². The second kappa shape index (κ2) is 5.63. The van der Waals surface area contributed by atoms with Gasteiger partial charge in [0.15, 0.2) is 0 Å². The number of aliphatic carboxylic acids is 1. The number of allylic oxidation sites excluding steroid dienone is 2. The molecule has 1 atom stereocenters. The summed E-state index contributed by atoms with van der Waals surface area (Å²) in [5, 5.41) is 9.20. The van der Waals surface area contributed by atoms with Gasteiger partial charge in [-0.2, -0.15) is 21.6 Å². The number of carboxylic acids is 1. The summed E-state index contributed by atoms with van der Waals surface area (Å²) in [6, 6.07) is 0. The van der Waals surface area contributed by atoms with E-state index in [4.69, 9.17) is 0 Å². The number of carbonyl (C=O) groups is 1. The van der Waals surface area contributed by atoms with Gasteiger partial charge in [-0.15, -0.1) is 0 Å². The zero-order valence-electron chi connectivity index (χ0n) is 10.7. The Morgan fingerprint density at radius 1 is 1.50 bits per heavy atom. The number of alkyl halides is 3. The fourth-order valence-corrected chi connectivity index (χ4v) is 2.67. The van der Waals surface area contributed by atoms with Crippen molar-refractivity contribution in [1.29, 1.82) is 0 Å². The zero-order valence-corrected chi connectivity index (χ0v) is 11.6. The molecule has 9 heteroatoms. The Bertz CT molecular complexity index is 509. The second-order valence-electron chi connectivity index (χ2n) is 4.69. The first-order valence-electron chi connectivity index (χ1n) is 5.97. The third-order valence-electron chi connectivity index (χ3n) is 3.25. The largest absolute Gasteiger partial charge is 0.534 e. The number of rotatable bonds is 5. The Morgan fingerprint density at radius 3 is 2.45 bits per heavy atom. The molecule has 1 rings (SSSR count). The van der Waals surface area contributed by atoms with Crippen molar-refractivity contribution in [2.75, 3.05) is 0 Å². The molecular weight excluding hydrogens is 301 g/mol. The zero-order chi connectivity index (χ0) is 15.6. The highest BCUT2D eigenvalue weighted by molar-refractivity contribution is 7.87. The van der Waals surface area contributed by atoms with Crippen LogP contribution in [0.1, 0.15) is 39.0 Å². The Hall–Kier alpha value is -1.25. The highest BCUT2D eigenvalue weighted by Crippen LogP contribution is 2.41. The minimum absolute atomic E-state index is 0.0428. The highest BCUT2D eigenvalue weighted by atomic mass is 32.2. The minimum Gasteiger partial charge on any atom is -0.481 e. The molecule has 0 fully saturated rings. The SMILES string of the molecule is CCCC1(C(=O)O)CC=C(OS(=O)(=O)C(F)(F)F)CC1. The van der Waals surface area contributed by atoms with Crippen molar-refractivity contribution in [3.8, 4) is 0 Å². The third kappa shape index (κ3) is 3.44. The minimum atomic E-state index is -5.68. The lowest BCUT2D eigenvalue weighted by Crippen LogP contribution is -2.33. The molecule has 0 heterocycles. The second-order valence-corrected chi connectivity index (χ2v) is 6.23. The molecule has 1 unspecified atom stereocenters. The summed E-state index contributed by atoms with van der Waals surface area (Å²) in [6.45, 7) is 1.80. The Labute approximate surface area is 114 Å². The molecule has 1 aliphatic rings. The number of hydrogen-bond donors (Lipinski definition) is 1. The molecule has 0 amide bonds. The van der Waals surface area contributed by atoms with E-state index in [-0.39, 0.29) is 25.0 Å². The molecule has 0 saturated heterocycles. The summed E-state index contributed by atoms with van der Waals surface area (Å²) in [5.41, 5.74) is -6.54. The first kappa shape index (κ1) is 16.8. The van der Waals surface area contributed by atoms with Gasteiger partial charge in [-0.3, -0.25) is 4.79 Å². The summed E-state index contributed by atoms with van der Waals surface area (Å²) in [7, 11) is -5.68. The maximum atomic E-state index is 12.2. The molecule has 0 spiro atoms. The van der Waals surface area contributed by atoms with Gasteiger partial charge in [0.25, 0.3) is 0 Å². The van der Waals surface area contributed by atoms with Crippen LogP contribution < -0.4 is 0 Å². The Morgan fingerprint density at radius 2 is 2.10 bits per heavy atom. The van der Waals surface area contributed by atoms with Crippen molar-refractivity contribution in [3.05, 3.63) is 11.8 Å². The molecule has 20 heavy (non-hydrogen) atoms. The molecule has 0 aromatic rings. The van der Waals surface area contributed by atoms with Crippen molar-refractivity contribution in [2.24, 2.45) is 5.41 Å². The van der Waals surface area contributed by atoms with Crippen LogP contribution in [0, 0.1) is 5.41 Å². The summed E-state index contributed by atoms with van der Waals surface area (Å²) in [6.07, 6.45) is 1.96. The maximum Gasteiger partial charge on any atom is 0.534 e. The average molecular weight is 316 g/mol. The first-order valence-corrected chi connectivity index (χ1v) is 7.38. The number of hydrogen-bond acceptors (Lipinski definition) is 4. The number of halogens is 3. The third-order valence-corrected chi connectivity index (χ3v) is 4.25. The van der Waals surface area contributed by atoms with Crippen LogP contribution in [0.2, 0.25) is 0 Å². The molecule has 0 aromatic heterocycles. The van der Waals surface area contributed by atoms with Gasteiger partial charge in [0, 0.05) is 6.42 Å². The molecule has 0 aromatic carbocycles. The van der Waals surface area contributed by atoms with Crippen molar-refractivity contribution in [1.82, 2.24) is 0 Å². The lowest BCUT2D eigenvalue weighted by atomic mass is 9.73. The highest BCUT2D eigenvalue weighted by Gasteiger charge is 2.49. The summed E-state index contributed by atoms with van der Waals surface area (Å²) < 4.78 is 62.1. The molecule has 1 aliphatic carbocycles. The molecule has 116 valence electrons. The summed E-state index contributed by atoms with van der Waals surface area (Å²) in [4.78, 5) is 11.2. The quantitative estimate of drug-likeness (QED) is 0.623. The lowest BCUT2D eigenvalue weighted by Gasteiger charge is -2.31. The molecular formula is C11H15F3O5S. The monoisotopic (exact) mass is 316 g/mol. The van der Waals surface area contributed by atoms with Crippen molar-refractivity contribution in [3.63, 3.8) is 0 Å². The summed E-state index contributed by atoms with van der Waals surface area (Å²) >= 11 is 0. The molecule has 5 nitrogen and oxygen atoms in total. The first-order chi connectivity index (χ1) is 9.04. The Kier molecular flexibility index (Phi) is 4.73. The molecule has 1 N–H and O–H groups in total. The number of carboxylic acid groups (broad SMARTS) is 1. The van der Waals surface area contributed by atoms with Crippen LogP contribution >= 0.6 is 0 Å². The summed E-state index contributed by atoms with van der Waals surface area (Å²) in [5.74, 6) is -1.39. The van der Waals surface area contributed by atoms with Gasteiger partial charge in [-0.25, -0.2) is 0 Å². The van der Waals surface area contributed by atoms with Crippen LogP contribution in [-0.4, -0.2) is 25.0 Å². The smallest absolute Gasteiger partial charge is 0.481 e. The van der Waals surface area contributed by atoms with E-state index in [9.17, 15) is 31.5 Å². The van der Waals surface area contributed by atoms with Crippen LogP contribution in [0.15, 0.2) is 11.8 Å². The molecule has 0 saturated carbocycles. The van der Waals surface area contributed by atoms with Crippen LogP contribution in [-0.2, 0) is 19.1 Å². The van der Waals surface area contributed by atoms with E-state index in [0.29, 0.717) is 12.8 Å².